The maximum Gasteiger partial charge on any atom is 0.0945 e. The molecular weight excluding hydrogens is 332 g/mol. The lowest BCUT2D eigenvalue weighted by Gasteiger charge is -2.38. The van der Waals surface area contributed by atoms with E-state index in [1.54, 1.807) is 0 Å². The number of aromatic nitrogens is 2. The van der Waals surface area contributed by atoms with Crippen LogP contribution in [0.3, 0.4) is 0 Å². The fraction of sp³-hybridized carbons (Fsp3) is 0.471. The van der Waals surface area contributed by atoms with Gasteiger partial charge in [-0.25, -0.2) is 4.98 Å². The Bertz CT molecular complexity index is 575. The van der Waals surface area contributed by atoms with E-state index in [9.17, 15) is 0 Å². The van der Waals surface area contributed by atoms with Crippen LogP contribution in [0.25, 0.3) is 0 Å². The van der Waals surface area contributed by atoms with Gasteiger partial charge in [0.15, 0.2) is 0 Å². The van der Waals surface area contributed by atoms with Gasteiger partial charge in [-0.2, -0.15) is 0 Å². The Hall–Kier alpha value is -0.580. The largest absolute Gasteiger partial charge is 0.337 e. The zero-order valence-corrected chi connectivity index (χ0v) is 15.1. The van der Waals surface area contributed by atoms with Crippen LogP contribution in [-0.4, -0.2) is 25.1 Å². The summed E-state index contributed by atoms with van der Waals surface area (Å²) >= 11 is 10.3. The molecule has 5 heteroatoms. The second-order valence-electron chi connectivity index (χ2n) is 5.99. The molecule has 1 fully saturated rings. The minimum absolute atomic E-state index is 0.268. The van der Waals surface area contributed by atoms with E-state index in [2.05, 4.69) is 58.3 Å². The Kier molecular flexibility index (Phi) is 5.42. The molecule has 22 heavy (non-hydrogen) atoms. The molecule has 1 aliphatic rings. The van der Waals surface area contributed by atoms with Crippen LogP contribution in [0.1, 0.15) is 18.9 Å². The summed E-state index contributed by atoms with van der Waals surface area (Å²) in [5, 5.41) is 0.814. The van der Waals surface area contributed by atoms with Crippen LogP contribution < -0.4 is 0 Å². The van der Waals surface area contributed by atoms with E-state index in [0.29, 0.717) is 0 Å². The van der Waals surface area contributed by atoms with Crippen LogP contribution >= 0.6 is 35.1 Å². The Morgan fingerprint density at radius 3 is 2.64 bits per heavy atom. The zero-order chi connectivity index (χ0) is 15.4. The van der Waals surface area contributed by atoms with Crippen molar-refractivity contribution in [2.75, 3.05) is 11.5 Å². The quantitative estimate of drug-likeness (QED) is 0.755. The van der Waals surface area contributed by atoms with Gasteiger partial charge in [-0.1, -0.05) is 30.7 Å². The second-order valence-corrected chi connectivity index (χ2v) is 9.49. The zero-order valence-electron chi connectivity index (χ0n) is 12.7. The van der Waals surface area contributed by atoms with Gasteiger partial charge >= 0.3 is 0 Å². The van der Waals surface area contributed by atoms with Gasteiger partial charge in [-0.3, -0.25) is 0 Å². The molecule has 0 N–H and O–H groups in total. The number of hydrogen-bond donors (Lipinski definition) is 0. The molecule has 1 aliphatic heterocycles. The van der Waals surface area contributed by atoms with Crippen LogP contribution in [0.5, 0.6) is 0 Å². The van der Waals surface area contributed by atoms with Gasteiger partial charge in [-0.15, -0.1) is 23.5 Å². The van der Waals surface area contributed by atoms with Crippen molar-refractivity contribution in [3.8, 4) is 0 Å². The summed E-state index contributed by atoms with van der Waals surface area (Å²) in [4.78, 5) is 4.15. The van der Waals surface area contributed by atoms with E-state index in [1.807, 2.05) is 24.7 Å². The van der Waals surface area contributed by atoms with Crippen molar-refractivity contribution in [2.45, 2.75) is 30.4 Å². The molecule has 0 radical (unpaired) electrons. The van der Waals surface area contributed by atoms with Crippen LogP contribution in [0.15, 0.2) is 43.0 Å². The summed E-state index contributed by atoms with van der Waals surface area (Å²) in [6.45, 7) is 3.38. The molecule has 1 aromatic carbocycles. The van der Waals surface area contributed by atoms with Crippen molar-refractivity contribution < 1.29 is 0 Å². The first-order valence-corrected chi connectivity index (χ1v) is 9.98. The third-order valence-corrected chi connectivity index (χ3v) is 8.14. The SMILES string of the molecule is CC1CSC(CCn2ccnc2)(Cc2ccc(Cl)cc2)SC1. The van der Waals surface area contributed by atoms with Gasteiger partial charge in [0.2, 0.25) is 0 Å². The maximum absolute atomic E-state index is 6.02. The molecule has 1 aromatic heterocycles. The minimum atomic E-state index is 0.268. The third kappa shape index (κ3) is 4.24. The van der Waals surface area contributed by atoms with E-state index >= 15 is 0 Å². The van der Waals surface area contributed by atoms with Crippen molar-refractivity contribution in [1.29, 1.82) is 0 Å². The van der Waals surface area contributed by atoms with Crippen molar-refractivity contribution in [1.82, 2.24) is 9.55 Å². The number of halogens is 1. The van der Waals surface area contributed by atoms with E-state index < -0.39 is 0 Å². The van der Waals surface area contributed by atoms with Gasteiger partial charge in [0.05, 0.1) is 10.4 Å². The topological polar surface area (TPSA) is 17.8 Å². The van der Waals surface area contributed by atoms with E-state index in [0.717, 1.165) is 30.3 Å². The molecule has 2 nitrogen and oxygen atoms in total. The number of nitrogens with zero attached hydrogens (tertiary/aromatic N) is 2. The number of benzene rings is 1. The van der Waals surface area contributed by atoms with Crippen molar-refractivity contribution in [2.24, 2.45) is 5.92 Å². The Morgan fingerprint density at radius 1 is 1.27 bits per heavy atom. The number of hydrogen-bond acceptors (Lipinski definition) is 3. The Morgan fingerprint density at radius 2 is 2.00 bits per heavy atom. The van der Waals surface area contributed by atoms with Gasteiger partial charge < -0.3 is 4.57 Å². The van der Waals surface area contributed by atoms with Gasteiger partial charge in [0, 0.05) is 24.0 Å². The first-order valence-electron chi connectivity index (χ1n) is 7.63. The molecule has 0 amide bonds. The molecule has 0 saturated carbocycles. The summed E-state index contributed by atoms with van der Waals surface area (Å²) in [6, 6.07) is 8.34. The van der Waals surface area contributed by atoms with Crippen molar-refractivity contribution >= 4 is 35.1 Å². The number of rotatable bonds is 5. The molecule has 118 valence electrons. The first-order chi connectivity index (χ1) is 10.7. The summed E-state index contributed by atoms with van der Waals surface area (Å²) < 4.78 is 2.45. The number of thioether (sulfide) groups is 2. The lowest BCUT2D eigenvalue weighted by Crippen LogP contribution is -2.32. The molecule has 0 aliphatic carbocycles. The minimum Gasteiger partial charge on any atom is -0.337 e. The predicted molar refractivity (Wildman–Crippen MR) is 98.8 cm³/mol. The fourth-order valence-electron chi connectivity index (χ4n) is 2.64. The summed E-state index contributed by atoms with van der Waals surface area (Å²) in [5.74, 6) is 3.32. The average Bonchev–Trinajstić information content (AvgIpc) is 3.04. The summed E-state index contributed by atoms with van der Waals surface area (Å²) in [7, 11) is 0. The van der Waals surface area contributed by atoms with Crippen molar-refractivity contribution in [3.05, 3.63) is 53.6 Å². The molecule has 2 aromatic rings. The van der Waals surface area contributed by atoms with Crippen molar-refractivity contribution in [3.63, 3.8) is 0 Å². The van der Waals surface area contributed by atoms with Crippen LogP contribution in [0, 0.1) is 5.92 Å². The smallest absolute Gasteiger partial charge is 0.0945 e. The Balaban J connectivity index is 1.72. The normalized spacial score (nSPS) is 25.3. The summed E-state index contributed by atoms with van der Waals surface area (Å²) in [6.07, 6.45) is 8.08. The highest BCUT2D eigenvalue weighted by atomic mass is 35.5. The maximum atomic E-state index is 6.02. The third-order valence-electron chi connectivity index (χ3n) is 3.96. The van der Waals surface area contributed by atoms with Crippen LogP contribution in [-0.2, 0) is 13.0 Å². The fourth-order valence-corrected chi connectivity index (χ4v) is 6.08. The number of imidazole rings is 1. The molecule has 2 heterocycles. The highest BCUT2D eigenvalue weighted by Gasteiger charge is 2.35. The van der Waals surface area contributed by atoms with E-state index in [1.165, 1.54) is 17.1 Å². The predicted octanol–water partition coefficient (Wildman–Crippen LogP) is 4.98. The lowest BCUT2D eigenvalue weighted by atomic mass is 10.1. The van der Waals surface area contributed by atoms with Gasteiger partial charge in [0.1, 0.15) is 0 Å². The molecule has 0 atom stereocenters. The number of aryl methyl sites for hydroxylation is 1. The highest BCUT2D eigenvalue weighted by Crippen LogP contribution is 2.48. The molecule has 3 rings (SSSR count). The Labute approximate surface area is 146 Å². The standard InChI is InChI=1S/C17H21ClN2S2/c1-14-11-21-17(22-12-14,6-8-20-9-7-19-13-20)10-15-2-4-16(18)5-3-15/h2-5,7,9,13-14H,6,8,10-12H2,1H3. The van der Waals surface area contributed by atoms with Crippen LogP contribution in [0.4, 0.5) is 0 Å². The average molecular weight is 353 g/mol. The lowest BCUT2D eigenvalue weighted by molar-refractivity contribution is 0.586. The van der Waals surface area contributed by atoms with E-state index in [4.69, 9.17) is 11.6 Å². The highest BCUT2D eigenvalue weighted by molar-refractivity contribution is 8.18. The summed E-state index contributed by atoms with van der Waals surface area (Å²) in [5.41, 5.74) is 1.38. The van der Waals surface area contributed by atoms with E-state index in [-0.39, 0.29) is 4.08 Å². The van der Waals surface area contributed by atoms with Gasteiger partial charge in [0.25, 0.3) is 0 Å². The molecular formula is C17H21ClN2S2. The van der Waals surface area contributed by atoms with Gasteiger partial charge in [-0.05, 0) is 48.0 Å². The molecule has 0 bridgehead atoms. The first kappa shape index (κ1) is 16.3. The molecule has 0 unspecified atom stereocenters. The molecule has 0 spiro atoms. The second kappa shape index (κ2) is 7.33. The molecule has 1 saturated heterocycles. The monoisotopic (exact) mass is 352 g/mol. The van der Waals surface area contributed by atoms with Crippen LogP contribution in [0.2, 0.25) is 5.02 Å².